The molecule has 0 unspecified atom stereocenters. The van der Waals surface area contributed by atoms with Crippen LogP contribution in [-0.2, 0) is 9.59 Å². The normalized spacial score (nSPS) is 14.5. The van der Waals surface area contributed by atoms with Gasteiger partial charge in [-0.25, -0.2) is 4.68 Å². The molecule has 23 heavy (non-hydrogen) atoms. The van der Waals surface area contributed by atoms with Gasteiger partial charge in [-0.2, -0.15) is 5.10 Å². The third kappa shape index (κ3) is 3.62. The van der Waals surface area contributed by atoms with Crippen LogP contribution >= 0.6 is 11.6 Å². The summed E-state index contributed by atoms with van der Waals surface area (Å²) in [4.78, 5) is 24.9. The number of rotatable bonds is 4. The maximum absolute atomic E-state index is 12.1. The average molecular weight is 334 g/mol. The molecule has 7 nitrogen and oxygen atoms in total. The van der Waals surface area contributed by atoms with E-state index in [1.807, 2.05) is 18.2 Å². The van der Waals surface area contributed by atoms with Crippen LogP contribution in [0.5, 0.6) is 0 Å². The van der Waals surface area contributed by atoms with Gasteiger partial charge in [-0.1, -0.05) is 11.6 Å². The molecule has 120 valence electrons. The zero-order valence-electron chi connectivity index (χ0n) is 12.3. The van der Waals surface area contributed by atoms with E-state index in [2.05, 4.69) is 15.7 Å². The lowest BCUT2D eigenvalue weighted by Gasteiger charge is -2.26. The van der Waals surface area contributed by atoms with Crippen molar-refractivity contribution < 1.29 is 9.59 Å². The SMILES string of the molecule is O=C1CN(C(=O)CNc2ccc(-n3cccn3)c(Cl)c2)CCN1. The van der Waals surface area contributed by atoms with Gasteiger partial charge in [0.1, 0.15) is 0 Å². The molecule has 1 aromatic carbocycles. The highest BCUT2D eigenvalue weighted by atomic mass is 35.5. The van der Waals surface area contributed by atoms with E-state index >= 15 is 0 Å². The predicted octanol–water partition coefficient (Wildman–Crippen LogP) is 0.896. The molecule has 0 radical (unpaired) electrons. The maximum Gasteiger partial charge on any atom is 0.242 e. The third-order valence-electron chi connectivity index (χ3n) is 3.53. The molecule has 1 aliphatic rings. The van der Waals surface area contributed by atoms with Gasteiger partial charge in [-0.15, -0.1) is 0 Å². The minimum absolute atomic E-state index is 0.111. The van der Waals surface area contributed by atoms with Gasteiger partial charge in [0, 0.05) is 31.2 Å². The number of amides is 2. The number of nitrogens with one attached hydrogen (secondary N) is 2. The second kappa shape index (κ2) is 6.70. The first-order chi connectivity index (χ1) is 11.1. The van der Waals surface area contributed by atoms with Crippen LogP contribution in [-0.4, -0.2) is 52.7 Å². The van der Waals surface area contributed by atoms with Crippen LogP contribution in [0.3, 0.4) is 0 Å². The number of carbonyl (C=O) groups is 2. The molecule has 0 atom stereocenters. The van der Waals surface area contributed by atoms with Gasteiger partial charge in [-0.3, -0.25) is 9.59 Å². The fourth-order valence-electron chi connectivity index (χ4n) is 2.35. The van der Waals surface area contributed by atoms with Gasteiger partial charge in [0.15, 0.2) is 0 Å². The summed E-state index contributed by atoms with van der Waals surface area (Å²) >= 11 is 6.25. The van der Waals surface area contributed by atoms with Crippen LogP contribution in [0.1, 0.15) is 0 Å². The van der Waals surface area contributed by atoms with Crippen LogP contribution in [0, 0.1) is 0 Å². The lowest BCUT2D eigenvalue weighted by atomic mass is 10.2. The molecule has 8 heteroatoms. The van der Waals surface area contributed by atoms with Crippen molar-refractivity contribution in [1.29, 1.82) is 0 Å². The van der Waals surface area contributed by atoms with Crippen LogP contribution < -0.4 is 10.6 Å². The lowest BCUT2D eigenvalue weighted by molar-refractivity contribution is -0.136. The number of halogens is 1. The van der Waals surface area contributed by atoms with Crippen LogP contribution in [0.25, 0.3) is 5.69 Å². The highest BCUT2D eigenvalue weighted by Crippen LogP contribution is 2.23. The van der Waals surface area contributed by atoms with Crippen molar-refractivity contribution in [2.75, 3.05) is 31.5 Å². The van der Waals surface area contributed by atoms with E-state index in [-0.39, 0.29) is 24.9 Å². The highest BCUT2D eigenvalue weighted by Gasteiger charge is 2.20. The molecule has 0 saturated carbocycles. The van der Waals surface area contributed by atoms with Crippen molar-refractivity contribution in [1.82, 2.24) is 20.0 Å². The summed E-state index contributed by atoms with van der Waals surface area (Å²) in [5.74, 6) is -0.247. The Labute approximate surface area is 138 Å². The van der Waals surface area contributed by atoms with Gasteiger partial charge in [0.25, 0.3) is 0 Å². The number of piperazine rings is 1. The lowest BCUT2D eigenvalue weighted by Crippen LogP contribution is -2.51. The Hall–Kier alpha value is -2.54. The number of benzene rings is 1. The molecule has 1 fully saturated rings. The van der Waals surface area contributed by atoms with Gasteiger partial charge < -0.3 is 15.5 Å². The molecule has 1 saturated heterocycles. The molecular weight excluding hydrogens is 318 g/mol. The van der Waals surface area contributed by atoms with E-state index < -0.39 is 0 Å². The van der Waals surface area contributed by atoms with E-state index in [0.717, 1.165) is 11.4 Å². The molecule has 3 rings (SSSR count). The summed E-state index contributed by atoms with van der Waals surface area (Å²) in [7, 11) is 0. The standard InChI is InChI=1S/C15H16ClN5O2/c16-12-8-11(2-3-13(12)21-6-1-4-19-21)18-9-15(23)20-7-5-17-14(22)10-20/h1-4,6,8,18H,5,7,9-10H2,(H,17,22). The highest BCUT2D eigenvalue weighted by molar-refractivity contribution is 6.32. The van der Waals surface area contributed by atoms with Crippen LogP contribution in [0.2, 0.25) is 5.02 Å². The molecule has 1 aliphatic heterocycles. The Bertz CT molecular complexity index is 717. The van der Waals surface area contributed by atoms with Crippen LogP contribution in [0.15, 0.2) is 36.7 Å². The second-order valence-corrected chi connectivity index (χ2v) is 5.54. The third-order valence-corrected chi connectivity index (χ3v) is 3.84. The Kier molecular flexibility index (Phi) is 4.47. The van der Waals surface area contributed by atoms with Crippen molar-refractivity contribution in [3.8, 4) is 5.69 Å². The smallest absolute Gasteiger partial charge is 0.242 e. The minimum atomic E-state index is -0.129. The fourth-order valence-corrected chi connectivity index (χ4v) is 2.62. The maximum atomic E-state index is 12.1. The van der Waals surface area contributed by atoms with Gasteiger partial charge >= 0.3 is 0 Å². The van der Waals surface area contributed by atoms with Crippen molar-refractivity contribution in [3.05, 3.63) is 41.7 Å². The van der Waals surface area contributed by atoms with Gasteiger partial charge in [0.05, 0.1) is 23.8 Å². The van der Waals surface area contributed by atoms with Gasteiger partial charge in [0.2, 0.25) is 11.8 Å². The summed E-state index contributed by atoms with van der Waals surface area (Å²) < 4.78 is 1.67. The monoisotopic (exact) mass is 333 g/mol. The van der Waals surface area contributed by atoms with E-state index in [9.17, 15) is 9.59 Å². The number of hydrogen-bond donors (Lipinski definition) is 2. The first kappa shape index (κ1) is 15.4. The van der Waals surface area contributed by atoms with Crippen molar-refractivity contribution >= 4 is 29.1 Å². The van der Waals surface area contributed by atoms with E-state index in [1.54, 1.807) is 23.1 Å². The van der Waals surface area contributed by atoms with Crippen molar-refractivity contribution in [2.24, 2.45) is 0 Å². The van der Waals surface area contributed by atoms with Crippen molar-refractivity contribution in [2.45, 2.75) is 0 Å². The number of anilines is 1. The molecule has 2 amide bonds. The molecular formula is C15H16ClN5O2. The fraction of sp³-hybridized carbons (Fsp3) is 0.267. The molecule has 0 aliphatic carbocycles. The average Bonchev–Trinajstić information content (AvgIpc) is 3.07. The van der Waals surface area contributed by atoms with Crippen LogP contribution in [0.4, 0.5) is 5.69 Å². The van der Waals surface area contributed by atoms with E-state index in [0.29, 0.717) is 18.1 Å². The summed E-state index contributed by atoms with van der Waals surface area (Å²) in [5, 5.41) is 10.4. The minimum Gasteiger partial charge on any atom is -0.376 e. The second-order valence-electron chi connectivity index (χ2n) is 5.14. The summed E-state index contributed by atoms with van der Waals surface area (Å²) in [5.41, 5.74) is 1.50. The first-order valence-electron chi connectivity index (χ1n) is 7.21. The van der Waals surface area contributed by atoms with E-state index in [4.69, 9.17) is 11.6 Å². The van der Waals surface area contributed by atoms with Gasteiger partial charge in [-0.05, 0) is 24.3 Å². The molecule has 2 N–H and O–H groups in total. The number of carbonyl (C=O) groups excluding carboxylic acids is 2. The predicted molar refractivity (Wildman–Crippen MR) is 86.7 cm³/mol. The van der Waals surface area contributed by atoms with E-state index in [1.165, 1.54) is 4.90 Å². The summed E-state index contributed by atoms with van der Waals surface area (Å²) in [6.45, 7) is 1.25. The number of hydrogen-bond acceptors (Lipinski definition) is 4. The molecule has 2 heterocycles. The summed E-state index contributed by atoms with van der Waals surface area (Å²) in [6.07, 6.45) is 3.48. The zero-order chi connectivity index (χ0) is 16.2. The topological polar surface area (TPSA) is 79.3 Å². The Morgan fingerprint density at radius 3 is 3.00 bits per heavy atom. The Morgan fingerprint density at radius 1 is 1.43 bits per heavy atom. The Morgan fingerprint density at radius 2 is 2.30 bits per heavy atom. The van der Waals surface area contributed by atoms with Crippen molar-refractivity contribution in [3.63, 3.8) is 0 Å². The number of aromatic nitrogens is 2. The largest absolute Gasteiger partial charge is 0.376 e. The molecule has 2 aromatic rings. The molecule has 1 aromatic heterocycles. The number of nitrogens with zero attached hydrogens (tertiary/aromatic N) is 3. The Balaban J connectivity index is 1.61. The quantitative estimate of drug-likeness (QED) is 0.871. The first-order valence-corrected chi connectivity index (χ1v) is 7.59. The summed E-state index contributed by atoms with van der Waals surface area (Å²) in [6, 6.07) is 7.22. The zero-order valence-corrected chi connectivity index (χ0v) is 13.1. The molecule has 0 bridgehead atoms. The molecule has 0 spiro atoms.